The lowest BCUT2D eigenvalue weighted by atomic mass is 10.1. The summed E-state index contributed by atoms with van der Waals surface area (Å²) in [5.74, 6) is 1.36. The number of carbonyl (C=O) groups excluding carboxylic acids is 1. The fourth-order valence-electron chi connectivity index (χ4n) is 2.31. The first-order valence-electron chi connectivity index (χ1n) is 7.54. The number of rotatable bonds is 5. The van der Waals surface area contributed by atoms with Gasteiger partial charge in [0.25, 0.3) is 5.91 Å². The van der Waals surface area contributed by atoms with E-state index in [2.05, 4.69) is 20.5 Å². The van der Waals surface area contributed by atoms with Gasteiger partial charge in [0, 0.05) is 24.1 Å². The number of aromatic nitrogens is 3. The Labute approximate surface area is 134 Å². The molecule has 0 radical (unpaired) electrons. The van der Waals surface area contributed by atoms with Crippen LogP contribution in [0.4, 0.5) is 0 Å². The van der Waals surface area contributed by atoms with Gasteiger partial charge in [-0.15, -0.1) is 0 Å². The molecule has 1 amide bonds. The molecule has 116 valence electrons. The zero-order valence-electron chi connectivity index (χ0n) is 12.9. The molecule has 2 aromatic carbocycles. The second-order valence-electron chi connectivity index (χ2n) is 5.35. The fourth-order valence-corrected chi connectivity index (χ4v) is 2.31. The van der Waals surface area contributed by atoms with Crippen molar-refractivity contribution in [3.63, 3.8) is 0 Å². The molecule has 0 saturated heterocycles. The lowest BCUT2D eigenvalue weighted by Gasteiger charge is -2.04. The van der Waals surface area contributed by atoms with Crippen LogP contribution in [0.1, 0.15) is 21.7 Å². The van der Waals surface area contributed by atoms with Crippen LogP contribution in [-0.4, -0.2) is 27.6 Å². The van der Waals surface area contributed by atoms with Crippen LogP contribution in [0.5, 0.6) is 0 Å². The molecular formula is C18H18N4O. The number of nitrogens with one attached hydrogen (secondary N) is 2. The van der Waals surface area contributed by atoms with Crippen molar-refractivity contribution >= 4 is 5.91 Å². The van der Waals surface area contributed by atoms with Gasteiger partial charge < -0.3 is 5.32 Å². The Hall–Kier alpha value is -2.95. The predicted octanol–water partition coefficient (Wildman–Crippen LogP) is 2.75. The Morgan fingerprint density at radius 3 is 2.74 bits per heavy atom. The molecule has 1 heterocycles. The third-order valence-electron chi connectivity index (χ3n) is 3.49. The molecule has 5 heteroatoms. The van der Waals surface area contributed by atoms with Gasteiger partial charge >= 0.3 is 0 Å². The number of hydrogen-bond acceptors (Lipinski definition) is 3. The van der Waals surface area contributed by atoms with Crippen molar-refractivity contribution in [1.29, 1.82) is 0 Å². The zero-order valence-corrected chi connectivity index (χ0v) is 12.9. The minimum Gasteiger partial charge on any atom is -0.352 e. The largest absolute Gasteiger partial charge is 0.352 e. The quantitative estimate of drug-likeness (QED) is 0.761. The maximum atomic E-state index is 12.1. The highest BCUT2D eigenvalue weighted by atomic mass is 16.1. The summed E-state index contributed by atoms with van der Waals surface area (Å²) in [6.45, 7) is 2.48. The van der Waals surface area contributed by atoms with Crippen molar-refractivity contribution in [1.82, 2.24) is 20.5 Å². The summed E-state index contributed by atoms with van der Waals surface area (Å²) in [6.07, 6.45) is 0.609. The molecule has 1 aromatic heterocycles. The highest BCUT2D eigenvalue weighted by Crippen LogP contribution is 2.13. The Morgan fingerprint density at radius 1 is 1.13 bits per heavy atom. The van der Waals surface area contributed by atoms with Gasteiger partial charge in [-0.05, 0) is 19.1 Å². The average Bonchev–Trinajstić information content (AvgIpc) is 3.04. The standard InChI is InChI=1S/C18H18N4O/c1-13-6-5-9-15(12-13)18(23)19-11-10-16-20-17(22-21-16)14-7-3-2-4-8-14/h2-9,12H,10-11H2,1H3,(H,19,23)(H,20,21,22). The smallest absolute Gasteiger partial charge is 0.251 e. The van der Waals surface area contributed by atoms with E-state index in [0.29, 0.717) is 24.4 Å². The number of H-pyrrole nitrogens is 1. The van der Waals surface area contributed by atoms with Crippen molar-refractivity contribution in [3.05, 3.63) is 71.5 Å². The number of amides is 1. The van der Waals surface area contributed by atoms with E-state index in [4.69, 9.17) is 0 Å². The van der Waals surface area contributed by atoms with Crippen molar-refractivity contribution in [2.75, 3.05) is 6.54 Å². The van der Waals surface area contributed by atoms with Crippen LogP contribution in [0.25, 0.3) is 11.4 Å². The van der Waals surface area contributed by atoms with Gasteiger partial charge in [-0.2, -0.15) is 5.10 Å². The van der Waals surface area contributed by atoms with E-state index >= 15 is 0 Å². The van der Waals surface area contributed by atoms with Crippen LogP contribution in [0.2, 0.25) is 0 Å². The minimum atomic E-state index is -0.0727. The van der Waals surface area contributed by atoms with Gasteiger partial charge in [0.2, 0.25) is 0 Å². The van der Waals surface area contributed by atoms with E-state index in [1.165, 1.54) is 0 Å². The molecule has 0 aliphatic heterocycles. The number of carbonyl (C=O) groups is 1. The third kappa shape index (κ3) is 3.83. The molecular weight excluding hydrogens is 288 g/mol. The van der Waals surface area contributed by atoms with Gasteiger partial charge in [0.05, 0.1) is 0 Å². The van der Waals surface area contributed by atoms with Gasteiger partial charge in [-0.3, -0.25) is 9.89 Å². The van der Waals surface area contributed by atoms with Crippen LogP contribution in [0.15, 0.2) is 54.6 Å². The summed E-state index contributed by atoms with van der Waals surface area (Å²) in [6, 6.07) is 17.3. The molecule has 2 N–H and O–H groups in total. The maximum Gasteiger partial charge on any atom is 0.251 e. The molecule has 0 saturated carbocycles. The second kappa shape index (κ2) is 6.87. The van der Waals surface area contributed by atoms with Gasteiger partial charge in [-0.25, -0.2) is 4.98 Å². The number of benzene rings is 2. The Morgan fingerprint density at radius 2 is 1.96 bits per heavy atom. The molecule has 5 nitrogen and oxygen atoms in total. The SMILES string of the molecule is Cc1cccc(C(=O)NCCc2nc(-c3ccccc3)n[nH]2)c1. The van der Waals surface area contributed by atoms with Crippen LogP contribution >= 0.6 is 0 Å². The molecule has 0 aliphatic carbocycles. The molecule has 0 bridgehead atoms. The van der Waals surface area contributed by atoms with Crippen molar-refractivity contribution in [3.8, 4) is 11.4 Å². The van der Waals surface area contributed by atoms with Crippen molar-refractivity contribution < 1.29 is 4.79 Å². The van der Waals surface area contributed by atoms with Crippen molar-refractivity contribution in [2.24, 2.45) is 0 Å². The lowest BCUT2D eigenvalue weighted by molar-refractivity contribution is 0.0954. The van der Waals surface area contributed by atoms with Gasteiger partial charge in [0.15, 0.2) is 5.82 Å². The van der Waals surface area contributed by atoms with E-state index in [1.807, 2.05) is 61.5 Å². The Bertz CT molecular complexity index is 796. The number of aryl methyl sites for hydroxylation is 1. The summed E-state index contributed by atoms with van der Waals surface area (Å²) in [5, 5.41) is 10.0. The topological polar surface area (TPSA) is 70.7 Å². The minimum absolute atomic E-state index is 0.0727. The monoisotopic (exact) mass is 306 g/mol. The first kappa shape index (κ1) is 15.0. The van der Waals surface area contributed by atoms with E-state index in [-0.39, 0.29) is 5.91 Å². The summed E-state index contributed by atoms with van der Waals surface area (Å²) in [5.41, 5.74) is 2.71. The summed E-state index contributed by atoms with van der Waals surface area (Å²) >= 11 is 0. The van der Waals surface area contributed by atoms with Gasteiger partial charge in [0.1, 0.15) is 5.82 Å². The highest BCUT2D eigenvalue weighted by molar-refractivity contribution is 5.94. The van der Waals surface area contributed by atoms with Gasteiger partial charge in [-0.1, -0.05) is 48.0 Å². The average molecular weight is 306 g/mol. The van der Waals surface area contributed by atoms with Crippen LogP contribution in [0.3, 0.4) is 0 Å². The van der Waals surface area contributed by atoms with E-state index in [1.54, 1.807) is 0 Å². The van der Waals surface area contributed by atoms with Crippen LogP contribution < -0.4 is 5.32 Å². The van der Waals surface area contributed by atoms with Crippen LogP contribution in [0, 0.1) is 6.92 Å². The number of hydrogen-bond donors (Lipinski definition) is 2. The first-order valence-corrected chi connectivity index (χ1v) is 7.54. The Kier molecular flexibility index (Phi) is 4.47. The molecule has 3 rings (SSSR count). The zero-order chi connectivity index (χ0) is 16.1. The normalized spacial score (nSPS) is 10.5. The fraction of sp³-hybridized carbons (Fsp3) is 0.167. The highest BCUT2D eigenvalue weighted by Gasteiger charge is 2.07. The molecule has 0 aliphatic rings. The third-order valence-corrected chi connectivity index (χ3v) is 3.49. The second-order valence-corrected chi connectivity index (χ2v) is 5.35. The van der Waals surface area contributed by atoms with E-state index in [0.717, 1.165) is 17.0 Å². The number of aromatic amines is 1. The summed E-state index contributed by atoms with van der Waals surface area (Å²) < 4.78 is 0. The summed E-state index contributed by atoms with van der Waals surface area (Å²) in [4.78, 5) is 16.5. The summed E-state index contributed by atoms with van der Waals surface area (Å²) in [7, 11) is 0. The Balaban J connectivity index is 1.55. The molecule has 0 unspecified atom stereocenters. The molecule has 0 fully saturated rings. The molecule has 3 aromatic rings. The maximum absolute atomic E-state index is 12.1. The van der Waals surface area contributed by atoms with E-state index in [9.17, 15) is 4.79 Å². The molecule has 0 spiro atoms. The number of nitrogens with zero attached hydrogens (tertiary/aromatic N) is 2. The van der Waals surface area contributed by atoms with E-state index < -0.39 is 0 Å². The van der Waals surface area contributed by atoms with Crippen LogP contribution in [-0.2, 0) is 6.42 Å². The molecule has 23 heavy (non-hydrogen) atoms. The van der Waals surface area contributed by atoms with Crippen molar-refractivity contribution in [2.45, 2.75) is 13.3 Å². The lowest BCUT2D eigenvalue weighted by Crippen LogP contribution is -2.26. The first-order chi connectivity index (χ1) is 11.2. The molecule has 0 atom stereocenters. The predicted molar refractivity (Wildman–Crippen MR) is 89.0 cm³/mol.